The first kappa shape index (κ1) is 14.5. The van der Waals surface area contributed by atoms with Gasteiger partial charge in [0.15, 0.2) is 0 Å². The second kappa shape index (κ2) is 7.01. The molecule has 4 heteroatoms. The van der Waals surface area contributed by atoms with Crippen LogP contribution in [0, 0.1) is 0 Å². The third kappa shape index (κ3) is 4.04. The van der Waals surface area contributed by atoms with Gasteiger partial charge in [0.05, 0.1) is 13.2 Å². The molecule has 1 atom stereocenters. The van der Waals surface area contributed by atoms with Crippen LogP contribution in [0.1, 0.15) is 19.4 Å². The zero-order valence-corrected chi connectivity index (χ0v) is 11.6. The van der Waals surface area contributed by atoms with Crippen molar-refractivity contribution in [2.24, 2.45) is 0 Å². The molecule has 0 fully saturated rings. The summed E-state index contributed by atoms with van der Waals surface area (Å²) in [5.74, 6) is 0.944. The van der Waals surface area contributed by atoms with Gasteiger partial charge >= 0.3 is 0 Å². The van der Waals surface area contributed by atoms with Crippen LogP contribution >= 0.6 is 0 Å². The predicted octanol–water partition coefficient (Wildman–Crippen LogP) is 1.65. The molecule has 1 rings (SSSR count). The molecule has 0 spiro atoms. The first-order valence-corrected chi connectivity index (χ1v) is 6.19. The number of hydrogen-bond donors (Lipinski definition) is 1. The maximum Gasteiger partial charge on any atom is 0.239 e. The molecule has 1 unspecified atom stereocenters. The van der Waals surface area contributed by atoms with Crippen LogP contribution in [0.5, 0.6) is 5.75 Å². The lowest BCUT2D eigenvalue weighted by molar-refractivity contribution is -0.131. The van der Waals surface area contributed by atoms with Gasteiger partial charge in [-0.1, -0.05) is 12.1 Å². The van der Waals surface area contributed by atoms with Gasteiger partial charge in [0.2, 0.25) is 5.91 Å². The fourth-order valence-corrected chi connectivity index (χ4v) is 1.63. The lowest BCUT2D eigenvalue weighted by Gasteiger charge is -2.20. The van der Waals surface area contributed by atoms with Crippen LogP contribution in [0.25, 0.3) is 0 Å². The van der Waals surface area contributed by atoms with Crippen LogP contribution in [-0.4, -0.2) is 37.6 Å². The topological polar surface area (TPSA) is 41.6 Å². The maximum atomic E-state index is 11.9. The highest BCUT2D eigenvalue weighted by Crippen LogP contribution is 2.12. The Morgan fingerprint density at radius 1 is 1.50 bits per heavy atom. The van der Waals surface area contributed by atoms with E-state index in [1.165, 1.54) is 0 Å². The quantitative estimate of drug-likeness (QED) is 0.834. The fraction of sp³-hybridized carbons (Fsp3) is 0.500. The predicted molar refractivity (Wildman–Crippen MR) is 72.6 cm³/mol. The van der Waals surface area contributed by atoms with E-state index < -0.39 is 0 Å². The van der Waals surface area contributed by atoms with Gasteiger partial charge in [-0.05, 0) is 31.5 Å². The molecule has 0 saturated carbocycles. The first-order chi connectivity index (χ1) is 8.58. The lowest BCUT2D eigenvalue weighted by atomic mass is 10.2. The Labute approximate surface area is 109 Å². The number of carbonyl (C=O) groups excluding carboxylic acids is 1. The minimum atomic E-state index is -0.179. The van der Waals surface area contributed by atoms with Crippen molar-refractivity contribution in [1.82, 2.24) is 10.2 Å². The molecule has 18 heavy (non-hydrogen) atoms. The molecule has 1 aromatic carbocycles. The number of hydrogen-bond acceptors (Lipinski definition) is 3. The Balaban J connectivity index is 2.51. The van der Waals surface area contributed by atoms with Crippen molar-refractivity contribution in [3.63, 3.8) is 0 Å². The third-order valence-electron chi connectivity index (χ3n) is 2.97. The van der Waals surface area contributed by atoms with Gasteiger partial charge in [0, 0.05) is 20.1 Å². The first-order valence-electron chi connectivity index (χ1n) is 6.19. The monoisotopic (exact) mass is 250 g/mol. The SMILES string of the molecule is CCN(C)C(=O)C(C)NCc1cccc(OC)c1. The number of methoxy groups -OCH3 is 1. The van der Waals surface area contributed by atoms with E-state index in [1.807, 2.05) is 45.2 Å². The van der Waals surface area contributed by atoms with E-state index in [1.54, 1.807) is 12.0 Å². The molecule has 100 valence electrons. The van der Waals surface area contributed by atoms with Crippen molar-refractivity contribution < 1.29 is 9.53 Å². The lowest BCUT2D eigenvalue weighted by Crippen LogP contribution is -2.42. The van der Waals surface area contributed by atoms with Crippen molar-refractivity contribution in [3.05, 3.63) is 29.8 Å². The number of carbonyl (C=O) groups is 1. The zero-order valence-electron chi connectivity index (χ0n) is 11.6. The van der Waals surface area contributed by atoms with Crippen LogP contribution in [0.15, 0.2) is 24.3 Å². The van der Waals surface area contributed by atoms with Crippen LogP contribution in [0.3, 0.4) is 0 Å². The highest BCUT2D eigenvalue weighted by atomic mass is 16.5. The smallest absolute Gasteiger partial charge is 0.239 e. The van der Waals surface area contributed by atoms with Gasteiger partial charge in [0.1, 0.15) is 5.75 Å². The summed E-state index contributed by atoms with van der Waals surface area (Å²) in [5, 5.41) is 3.22. The van der Waals surface area contributed by atoms with Crippen molar-refractivity contribution >= 4 is 5.91 Å². The Kier molecular flexibility index (Phi) is 5.65. The minimum absolute atomic E-state index is 0.111. The summed E-state index contributed by atoms with van der Waals surface area (Å²) in [5.41, 5.74) is 1.10. The number of ether oxygens (including phenoxy) is 1. The summed E-state index contributed by atoms with van der Waals surface area (Å²) in [6, 6.07) is 7.65. The summed E-state index contributed by atoms with van der Waals surface area (Å²) in [6.07, 6.45) is 0. The van der Waals surface area contributed by atoms with E-state index in [2.05, 4.69) is 5.32 Å². The molecule has 1 N–H and O–H groups in total. The molecule has 0 aliphatic carbocycles. The van der Waals surface area contributed by atoms with E-state index in [4.69, 9.17) is 4.74 Å². The molecule has 0 heterocycles. The molecule has 0 radical (unpaired) electrons. The second-order valence-corrected chi connectivity index (χ2v) is 4.31. The normalized spacial score (nSPS) is 12.0. The molecule has 0 aromatic heterocycles. The molecule has 0 aliphatic heterocycles. The minimum Gasteiger partial charge on any atom is -0.497 e. The van der Waals surface area contributed by atoms with Crippen molar-refractivity contribution in [1.29, 1.82) is 0 Å². The number of amides is 1. The summed E-state index contributed by atoms with van der Waals surface area (Å²) >= 11 is 0. The van der Waals surface area contributed by atoms with Gasteiger partial charge in [-0.3, -0.25) is 4.79 Å². The van der Waals surface area contributed by atoms with E-state index in [-0.39, 0.29) is 11.9 Å². The molecular formula is C14H22N2O2. The fourth-order valence-electron chi connectivity index (χ4n) is 1.63. The maximum absolute atomic E-state index is 11.9. The van der Waals surface area contributed by atoms with Crippen molar-refractivity contribution in [2.75, 3.05) is 20.7 Å². The van der Waals surface area contributed by atoms with E-state index in [9.17, 15) is 4.79 Å². The summed E-state index contributed by atoms with van der Waals surface area (Å²) in [7, 11) is 3.46. The number of nitrogens with zero attached hydrogens (tertiary/aromatic N) is 1. The highest BCUT2D eigenvalue weighted by molar-refractivity contribution is 5.81. The highest BCUT2D eigenvalue weighted by Gasteiger charge is 2.15. The van der Waals surface area contributed by atoms with E-state index in [0.29, 0.717) is 6.54 Å². The number of benzene rings is 1. The summed E-state index contributed by atoms with van der Waals surface area (Å²) < 4.78 is 5.16. The number of nitrogens with one attached hydrogen (secondary N) is 1. The second-order valence-electron chi connectivity index (χ2n) is 4.31. The molecule has 0 aliphatic rings. The average molecular weight is 250 g/mol. The van der Waals surface area contributed by atoms with Crippen LogP contribution in [0.2, 0.25) is 0 Å². The Hall–Kier alpha value is -1.55. The Morgan fingerprint density at radius 2 is 2.22 bits per heavy atom. The van der Waals surface area contributed by atoms with Gasteiger partial charge in [0.25, 0.3) is 0 Å². The van der Waals surface area contributed by atoms with Gasteiger partial charge < -0.3 is 15.0 Å². The van der Waals surface area contributed by atoms with E-state index >= 15 is 0 Å². The number of likely N-dealkylation sites (N-methyl/N-ethyl adjacent to an activating group) is 1. The third-order valence-corrected chi connectivity index (χ3v) is 2.97. The standard InChI is InChI=1S/C14H22N2O2/c1-5-16(3)14(17)11(2)15-10-12-7-6-8-13(9-12)18-4/h6-9,11,15H,5,10H2,1-4H3. The molecule has 1 amide bonds. The molecular weight excluding hydrogens is 228 g/mol. The number of rotatable bonds is 6. The van der Waals surface area contributed by atoms with Crippen molar-refractivity contribution in [3.8, 4) is 5.75 Å². The van der Waals surface area contributed by atoms with Gasteiger partial charge in [-0.2, -0.15) is 0 Å². The summed E-state index contributed by atoms with van der Waals surface area (Å²) in [6.45, 7) is 5.23. The van der Waals surface area contributed by atoms with Crippen LogP contribution in [-0.2, 0) is 11.3 Å². The average Bonchev–Trinajstić information content (AvgIpc) is 2.43. The molecule has 4 nitrogen and oxygen atoms in total. The Bertz CT molecular complexity index is 393. The summed E-state index contributed by atoms with van der Waals surface area (Å²) in [4.78, 5) is 13.6. The van der Waals surface area contributed by atoms with Crippen molar-refractivity contribution in [2.45, 2.75) is 26.4 Å². The van der Waals surface area contributed by atoms with Gasteiger partial charge in [-0.15, -0.1) is 0 Å². The van der Waals surface area contributed by atoms with Crippen LogP contribution in [0.4, 0.5) is 0 Å². The van der Waals surface area contributed by atoms with E-state index in [0.717, 1.165) is 17.9 Å². The molecule has 0 bridgehead atoms. The van der Waals surface area contributed by atoms with Gasteiger partial charge in [-0.25, -0.2) is 0 Å². The zero-order chi connectivity index (χ0) is 13.5. The Morgan fingerprint density at radius 3 is 2.83 bits per heavy atom. The largest absolute Gasteiger partial charge is 0.497 e. The molecule has 1 aromatic rings. The molecule has 0 saturated heterocycles. The van der Waals surface area contributed by atoms with Crippen LogP contribution < -0.4 is 10.1 Å².